The minimum Gasteiger partial charge on any atom is -0.408 e. The normalized spacial score (nSPS) is 16.5. The van der Waals surface area contributed by atoms with E-state index < -0.39 is 5.76 Å². The van der Waals surface area contributed by atoms with Gasteiger partial charge in [0.1, 0.15) is 0 Å². The van der Waals surface area contributed by atoms with Gasteiger partial charge in [0.25, 0.3) is 0 Å². The molecule has 0 saturated carbocycles. The zero-order valence-electron chi connectivity index (χ0n) is 11.6. The van der Waals surface area contributed by atoms with Gasteiger partial charge in [-0.1, -0.05) is 0 Å². The number of fused-ring (bicyclic) bond motifs is 1. The molecule has 1 amide bonds. The van der Waals surface area contributed by atoms with Crippen LogP contribution in [0, 0.1) is 5.92 Å². The third-order valence-electron chi connectivity index (χ3n) is 4.01. The first-order chi connectivity index (χ1) is 10.0. The number of piperidine rings is 1. The van der Waals surface area contributed by atoms with Crippen molar-refractivity contribution in [3.8, 4) is 0 Å². The van der Waals surface area contributed by atoms with Crippen LogP contribution in [-0.4, -0.2) is 24.0 Å². The smallest absolute Gasteiger partial charge is 0.408 e. The fourth-order valence-corrected chi connectivity index (χ4v) is 2.94. The number of hydrogen-bond donors (Lipinski definition) is 3. The van der Waals surface area contributed by atoms with E-state index in [2.05, 4.69) is 9.88 Å². The lowest BCUT2D eigenvalue weighted by molar-refractivity contribution is -0.119. The summed E-state index contributed by atoms with van der Waals surface area (Å²) in [6.45, 7) is 1.63. The number of nitrogen functional groups attached to an aromatic ring is 1. The van der Waals surface area contributed by atoms with Crippen molar-refractivity contribution in [1.82, 2.24) is 4.98 Å². The third kappa shape index (κ3) is 2.72. The van der Waals surface area contributed by atoms with E-state index in [0.717, 1.165) is 31.6 Å². The summed E-state index contributed by atoms with van der Waals surface area (Å²) in [6.07, 6.45) is 2.25. The molecule has 21 heavy (non-hydrogen) atoms. The molecule has 0 unspecified atom stereocenters. The van der Waals surface area contributed by atoms with Crippen molar-refractivity contribution in [2.24, 2.45) is 11.7 Å². The molecular formula is C14H18N4O3. The number of aromatic amines is 1. The molecule has 0 bridgehead atoms. The molecule has 1 aromatic carbocycles. The maximum atomic E-state index is 11.2. The van der Waals surface area contributed by atoms with E-state index in [-0.39, 0.29) is 5.91 Å². The van der Waals surface area contributed by atoms with E-state index in [0.29, 0.717) is 29.1 Å². The van der Waals surface area contributed by atoms with Gasteiger partial charge in [0.2, 0.25) is 5.91 Å². The summed E-state index contributed by atoms with van der Waals surface area (Å²) in [5.74, 6) is -0.385. The monoisotopic (exact) mass is 290 g/mol. The van der Waals surface area contributed by atoms with Crippen LogP contribution in [0.2, 0.25) is 0 Å². The van der Waals surface area contributed by atoms with Crippen LogP contribution >= 0.6 is 0 Å². The van der Waals surface area contributed by atoms with Crippen molar-refractivity contribution in [3.05, 3.63) is 22.7 Å². The van der Waals surface area contributed by atoms with Crippen molar-refractivity contribution >= 4 is 28.4 Å². The summed E-state index contributed by atoms with van der Waals surface area (Å²) in [6, 6.07) is 3.50. The van der Waals surface area contributed by atoms with Crippen molar-refractivity contribution in [3.63, 3.8) is 0 Å². The Morgan fingerprint density at radius 1 is 1.38 bits per heavy atom. The first-order valence-electron chi connectivity index (χ1n) is 6.98. The molecular weight excluding hydrogens is 272 g/mol. The van der Waals surface area contributed by atoms with Gasteiger partial charge in [-0.3, -0.25) is 9.78 Å². The molecule has 2 heterocycles. The molecule has 1 aromatic heterocycles. The number of H-pyrrole nitrogens is 1. The number of carbonyl (C=O) groups excluding carboxylic acids is 1. The van der Waals surface area contributed by atoms with Crippen LogP contribution in [0.25, 0.3) is 11.1 Å². The van der Waals surface area contributed by atoms with E-state index in [1.807, 2.05) is 6.07 Å². The Morgan fingerprint density at radius 3 is 2.76 bits per heavy atom. The fraction of sp³-hybridized carbons (Fsp3) is 0.429. The molecule has 0 spiro atoms. The standard InChI is InChI=1S/C14H18N4O3/c15-9-6-12-10(17-14(20)21-12)7-11(9)18-3-1-8(2-4-18)5-13(16)19/h6-8H,1-5,15H2,(H2,16,19)(H,17,20). The summed E-state index contributed by atoms with van der Waals surface area (Å²) in [4.78, 5) is 27.0. The van der Waals surface area contributed by atoms with E-state index in [1.54, 1.807) is 6.07 Å². The van der Waals surface area contributed by atoms with Gasteiger partial charge in [0.05, 0.1) is 16.9 Å². The van der Waals surface area contributed by atoms with Gasteiger partial charge in [0.15, 0.2) is 5.58 Å². The summed E-state index contributed by atoms with van der Waals surface area (Å²) >= 11 is 0. The lowest BCUT2D eigenvalue weighted by atomic mass is 9.93. The highest BCUT2D eigenvalue weighted by Gasteiger charge is 2.22. The van der Waals surface area contributed by atoms with Crippen LogP contribution in [0.15, 0.2) is 21.3 Å². The zero-order chi connectivity index (χ0) is 15.0. The van der Waals surface area contributed by atoms with Crippen LogP contribution < -0.4 is 22.1 Å². The number of carbonyl (C=O) groups is 1. The maximum Gasteiger partial charge on any atom is 0.417 e. The van der Waals surface area contributed by atoms with E-state index in [9.17, 15) is 9.59 Å². The fourth-order valence-electron chi connectivity index (χ4n) is 2.94. The summed E-state index contributed by atoms with van der Waals surface area (Å²) < 4.78 is 4.99. The second-order valence-electron chi connectivity index (χ2n) is 5.52. The van der Waals surface area contributed by atoms with Gasteiger partial charge < -0.3 is 20.8 Å². The number of oxazole rings is 1. The molecule has 1 aliphatic heterocycles. The quantitative estimate of drug-likeness (QED) is 0.722. The Bertz CT molecular complexity index is 725. The minimum atomic E-state index is -0.485. The number of hydrogen-bond acceptors (Lipinski definition) is 5. The molecule has 1 saturated heterocycles. The molecule has 1 aliphatic rings. The molecule has 112 valence electrons. The number of benzene rings is 1. The van der Waals surface area contributed by atoms with Crippen LogP contribution in [-0.2, 0) is 4.79 Å². The number of amides is 1. The van der Waals surface area contributed by atoms with Gasteiger partial charge in [-0.25, -0.2) is 4.79 Å². The molecule has 1 fully saturated rings. The molecule has 7 nitrogen and oxygen atoms in total. The highest BCUT2D eigenvalue weighted by atomic mass is 16.4. The van der Waals surface area contributed by atoms with E-state index >= 15 is 0 Å². The van der Waals surface area contributed by atoms with Gasteiger partial charge in [0, 0.05) is 25.6 Å². The van der Waals surface area contributed by atoms with Gasteiger partial charge in [-0.05, 0) is 24.8 Å². The molecule has 2 aromatic rings. The van der Waals surface area contributed by atoms with Gasteiger partial charge in [-0.2, -0.15) is 0 Å². The van der Waals surface area contributed by atoms with Crippen LogP contribution in [0.1, 0.15) is 19.3 Å². The number of rotatable bonds is 3. The maximum absolute atomic E-state index is 11.2. The number of nitrogens with zero attached hydrogens (tertiary/aromatic N) is 1. The number of nitrogens with two attached hydrogens (primary N) is 2. The second kappa shape index (κ2) is 5.16. The Kier molecular flexibility index (Phi) is 3.32. The first-order valence-corrected chi connectivity index (χ1v) is 6.98. The van der Waals surface area contributed by atoms with Crippen molar-refractivity contribution < 1.29 is 9.21 Å². The molecule has 5 N–H and O–H groups in total. The molecule has 0 atom stereocenters. The number of primary amides is 1. The SMILES string of the molecule is NC(=O)CC1CCN(c2cc3[nH]c(=O)oc3cc2N)CC1. The number of nitrogens with one attached hydrogen (secondary N) is 1. The lowest BCUT2D eigenvalue weighted by Crippen LogP contribution is -2.35. The highest BCUT2D eigenvalue weighted by Crippen LogP contribution is 2.31. The second-order valence-corrected chi connectivity index (χ2v) is 5.52. The van der Waals surface area contributed by atoms with E-state index in [1.165, 1.54) is 0 Å². The lowest BCUT2D eigenvalue weighted by Gasteiger charge is -2.33. The van der Waals surface area contributed by atoms with Crippen LogP contribution in [0.4, 0.5) is 11.4 Å². The Morgan fingerprint density at radius 2 is 2.10 bits per heavy atom. The predicted octanol–water partition coefficient (Wildman–Crippen LogP) is 0.795. The minimum absolute atomic E-state index is 0.245. The van der Waals surface area contributed by atoms with Crippen LogP contribution in [0.5, 0.6) is 0 Å². The van der Waals surface area contributed by atoms with Crippen LogP contribution in [0.3, 0.4) is 0 Å². The molecule has 0 radical (unpaired) electrons. The van der Waals surface area contributed by atoms with Crippen molar-refractivity contribution in [2.75, 3.05) is 23.7 Å². The van der Waals surface area contributed by atoms with Crippen molar-refractivity contribution in [2.45, 2.75) is 19.3 Å². The zero-order valence-corrected chi connectivity index (χ0v) is 11.6. The number of anilines is 2. The van der Waals surface area contributed by atoms with E-state index in [4.69, 9.17) is 15.9 Å². The van der Waals surface area contributed by atoms with Gasteiger partial charge >= 0.3 is 5.76 Å². The topological polar surface area (TPSA) is 118 Å². The number of aromatic nitrogens is 1. The Balaban J connectivity index is 1.80. The third-order valence-corrected chi connectivity index (χ3v) is 4.01. The Labute approximate surface area is 120 Å². The van der Waals surface area contributed by atoms with Crippen molar-refractivity contribution in [1.29, 1.82) is 0 Å². The predicted molar refractivity (Wildman–Crippen MR) is 80.0 cm³/mol. The first kappa shape index (κ1) is 13.5. The largest absolute Gasteiger partial charge is 0.417 e. The van der Waals surface area contributed by atoms with Gasteiger partial charge in [-0.15, -0.1) is 0 Å². The summed E-state index contributed by atoms with van der Waals surface area (Å²) in [7, 11) is 0. The molecule has 7 heteroatoms. The molecule has 3 rings (SSSR count). The Hall–Kier alpha value is -2.44. The average Bonchev–Trinajstić information content (AvgIpc) is 2.77. The summed E-state index contributed by atoms with van der Waals surface area (Å²) in [5.41, 5.74) is 13.9. The average molecular weight is 290 g/mol. The highest BCUT2D eigenvalue weighted by molar-refractivity contribution is 5.85. The molecule has 0 aliphatic carbocycles. The summed E-state index contributed by atoms with van der Waals surface area (Å²) in [5, 5.41) is 0.